The van der Waals surface area contributed by atoms with Gasteiger partial charge in [-0.05, 0) is 38.5 Å². The van der Waals surface area contributed by atoms with E-state index in [2.05, 4.69) is 32.4 Å². The third-order valence-corrected chi connectivity index (χ3v) is 6.51. The lowest BCUT2D eigenvalue weighted by atomic mass is 10.0. The van der Waals surface area contributed by atoms with Crippen molar-refractivity contribution in [3.63, 3.8) is 0 Å². The summed E-state index contributed by atoms with van der Waals surface area (Å²) in [4.78, 5) is 34.1. The number of methoxy groups -OCH3 is 1. The molecule has 10 nitrogen and oxygen atoms in total. The van der Waals surface area contributed by atoms with E-state index < -0.39 is 6.09 Å². The molecule has 2 aliphatic rings. The summed E-state index contributed by atoms with van der Waals surface area (Å²) >= 11 is 0. The molecule has 2 aromatic heterocycles. The van der Waals surface area contributed by atoms with Crippen molar-refractivity contribution in [1.29, 1.82) is 0 Å². The van der Waals surface area contributed by atoms with Gasteiger partial charge < -0.3 is 15.2 Å². The Bertz CT molecular complexity index is 940. The first-order chi connectivity index (χ1) is 14.9. The summed E-state index contributed by atoms with van der Waals surface area (Å²) in [6, 6.07) is 1.86. The Balaban J connectivity index is 1.34. The lowest BCUT2D eigenvalue weighted by Crippen LogP contribution is -2.47. The third kappa shape index (κ3) is 4.47. The van der Waals surface area contributed by atoms with Gasteiger partial charge >= 0.3 is 6.09 Å². The molecule has 2 amide bonds. The van der Waals surface area contributed by atoms with Crippen LogP contribution in [-0.2, 0) is 11.2 Å². The molecule has 4 rings (SSSR count). The first-order valence-corrected chi connectivity index (χ1v) is 10.7. The van der Waals surface area contributed by atoms with Crippen LogP contribution in [0.3, 0.4) is 0 Å². The second-order valence-corrected chi connectivity index (χ2v) is 8.38. The van der Waals surface area contributed by atoms with Crippen molar-refractivity contribution < 1.29 is 19.4 Å². The Morgan fingerprint density at radius 3 is 2.74 bits per heavy atom. The molecule has 2 saturated carbocycles. The monoisotopic (exact) mass is 428 g/mol. The molecule has 31 heavy (non-hydrogen) atoms. The van der Waals surface area contributed by atoms with Crippen LogP contribution in [0.2, 0.25) is 0 Å². The van der Waals surface area contributed by atoms with Gasteiger partial charge in [0.2, 0.25) is 11.8 Å². The fourth-order valence-electron chi connectivity index (χ4n) is 4.63. The van der Waals surface area contributed by atoms with Crippen LogP contribution in [0, 0.1) is 0 Å². The molecule has 0 saturated heterocycles. The highest BCUT2D eigenvalue weighted by atomic mass is 16.5. The number of hydrogen-bond acceptors (Lipinski definition) is 6. The SMILES string of the molecule is CCC1(N(C(=O)O)[C@@H]2CC[C@H](c3cc(NC(=O)Cc4cnc(OC)cn4)n[nH]3)C2)CC1. The minimum absolute atomic E-state index is 0.0277. The van der Waals surface area contributed by atoms with Crippen LogP contribution in [0.15, 0.2) is 18.5 Å². The minimum Gasteiger partial charge on any atom is -0.480 e. The van der Waals surface area contributed by atoms with Crippen LogP contribution < -0.4 is 10.1 Å². The van der Waals surface area contributed by atoms with E-state index >= 15 is 0 Å². The molecule has 3 N–H and O–H groups in total. The summed E-state index contributed by atoms with van der Waals surface area (Å²) in [5.41, 5.74) is 1.29. The predicted octanol–water partition coefficient (Wildman–Crippen LogP) is 2.95. The number of anilines is 1. The smallest absolute Gasteiger partial charge is 0.408 e. The molecular weight excluding hydrogens is 400 g/mol. The topological polar surface area (TPSA) is 133 Å². The van der Waals surface area contributed by atoms with Gasteiger partial charge in [0, 0.05) is 29.3 Å². The molecule has 2 aromatic rings. The Kier molecular flexibility index (Phi) is 5.79. The van der Waals surface area contributed by atoms with Crippen molar-refractivity contribution in [3.8, 4) is 5.88 Å². The molecule has 0 aliphatic heterocycles. The number of amides is 2. The molecule has 2 fully saturated rings. The van der Waals surface area contributed by atoms with Crippen LogP contribution in [0.4, 0.5) is 10.6 Å². The van der Waals surface area contributed by atoms with Crippen LogP contribution in [0.25, 0.3) is 0 Å². The number of aromatic amines is 1. The standard InChI is InChI=1S/C21H28N6O4/c1-3-21(6-7-21)27(20(29)30)15-5-4-13(8-15)16-10-17(26-25-16)24-18(28)9-14-11-23-19(31-2)12-22-14/h10-13,15H,3-9H2,1-2H3,(H,29,30)(H2,24,25,26,28)/t13-,15+/m0/s1. The lowest BCUT2D eigenvalue weighted by molar-refractivity contribution is -0.115. The number of ether oxygens (including phenoxy) is 1. The Morgan fingerprint density at radius 2 is 2.13 bits per heavy atom. The van der Waals surface area contributed by atoms with Crippen LogP contribution >= 0.6 is 0 Å². The highest BCUT2D eigenvalue weighted by Gasteiger charge is 2.52. The quantitative estimate of drug-likeness (QED) is 0.588. The number of nitrogens with one attached hydrogen (secondary N) is 2. The largest absolute Gasteiger partial charge is 0.480 e. The van der Waals surface area contributed by atoms with E-state index in [-0.39, 0.29) is 29.8 Å². The molecule has 2 heterocycles. The van der Waals surface area contributed by atoms with E-state index in [0.29, 0.717) is 17.4 Å². The highest BCUT2D eigenvalue weighted by molar-refractivity contribution is 5.91. The van der Waals surface area contributed by atoms with Gasteiger partial charge in [0.05, 0.1) is 31.6 Å². The van der Waals surface area contributed by atoms with Crippen LogP contribution in [-0.4, -0.2) is 60.9 Å². The van der Waals surface area contributed by atoms with E-state index in [1.54, 1.807) is 4.90 Å². The van der Waals surface area contributed by atoms with Crippen LogP contribution in [0.1, 0.15) is 62.8 Å². The first-order valence-electron chi connectivity index (χ1n) is 10.7. The van der Waals surface area contributed by atoms with Crippen LogP contribution in [0.5, 0.6) is 5.88 Å². The molecule has 0 spiro atoms. The van der Waals surface area contributed by atoms with Gasteiger partial charge in [0.15, 0.2) is 5.82 Å². The molecule has 2 atom stereocenters. The number of aromatic nitrogens is 4. The molecule has 0 unspecified atom stereocenters. The minimum atomic E-state index is -0.816. The fourth-order valence-corrected chi connectivity index (χ4v) is 4.63. The van der Waals surface area contributed by atoms with E-state index in [0.717, 1.165) is 44.2 Å². The van der Waals surface area contributed by atoms with E-state index in [9.17, 15) is 14.7 Å². The maximum Gasteiger partial charge on any atom is 0.408 e. The fraction of sp³-hybridized carbons (Fsp3) is 0.571. The molecule has 10 heteroatoms. The maximum atomic E-state index is 12.3. The van der Waals surface area contributed by atoms with E-state index in [1.807, 2.05) is 6.07 Å². The zero-order valence-electron chi connectivity index (χ0n) is 17.8. The summed E-state index contributed by atoms with van der Waals surface area (Å²) < 4.78 is 4.96. The molecular formula is C21H28N6O4. The average Bonchev–Trinajstić information content (AvgIpc) is 3.15. The Morgan fingerprint density at radius 1 is 1.32 bits per heavy atom. The second kappa shape index (κ2) is 8.52. The van der Waals surface area contributed by atoms with Gasteiger partial charge in [0.1, 0.15) is 0 Å². The third-order valence-electron chi connectivity index (χ3n) is 6.51. The zero-order chi connectivity index (χ0) is 22.0. The lowest BCUT2D eigenvalue weighted by Gasteiger charge is -2.34. The molecule has 0 radical (unpaired) electrons. The van der Waals surface area contributed by atoms with Gasteiger partial charge in [-0.25, -0.2) is 9.78 Å². The Hall–Kier alpha value is -3.17. The van der Waals surface area contributed by atoms with Crippen molar-refractivity contribution >= 4 is 17.8 Å². The normalized spacial score (nSPS) is 21.5. The predicted molar refractivity (Wildman–Crippen MR) is 112 cm³/mol. The van der Waals surface area contributed by atoms with Crippen molar-refractivity contribution in [2.45, 2.75) is 69.4 Å². The number of carboxylic acid groups (broad SMARTS) is 1. The second-order valence-electron chi connectivity index (χ2n) is 8.38. The maximum absolute atomic E-state index is 12.3. The first kappa shape index (κ1) is 21.1. The summed E-state index contributed by atoms with van der Waals surface area (Å²) in [7, 11) is 1.51. The number of nitrogens with zero attached hydrogens (tertiary/aromatic N) is 4. The molecule has 0 bridgehead atoms. The number of H-pyrrole nitrogens is 1. The van der Waals surface area contributed by atoms with Gasteiger partial charge in [-0.1, -0.05) is 6.92 Å². The van der Waals surface area contributed by atoms with Crippen molar-refractivity contribution in [1.82, 2.24) is 25.1 Å². The molecule has 2 aliphatic carbocycles. The summed E-state index contributed by atoms with van der Waals surface area (Å²) in [5, 5.41) is 19.8. The Labute approximate surface area is 180 Å². The number of carbonyl (C=O) groups excluding carboxylic acids is 1. The van der Waals surface area contributed by atoms with Crippen molar-refractivity contribution in [2.75, 3.05) is 12.4 Å². The van der Waals surface area contributed by atoms with E-state index in [1.165, 1.54) is 19.5 Å². The summed E-state index contributed by atoms with van der Waals surface area (Å²) in [6.45, 7) is 2.07. The molecule has 0 aromatic carbocycles. The highest BCUT2D eigenvalue weighted by Crippen LogP contribution is 2.49. The van der Waals surface area contributed by atoms with Gasteiger partial charge in [-0.2, -0.15) is 5.10 Å². The van der Waals surface area contributed by atoms with Gasteiger partial charge in [-0.3, -0.25) is 19.8 Å². The van der Waals surface area contributed by atoms with Crippen molar-refractivity contribution in [2.24, 2.45) is 0 Å². The van der Waals surface area contributed by atoms with E-state index in [4.69, 9.17) is 4.74 Å². The number of rotatable bonds is 8. The summed E-state index contributed by atoms with van der Waals surface area (Å²) in [5.74, 6) is 0.804. The number of carbonyl (C=O) groups is 2. The average molecular weight is 428 g/mol. The van der Waals surface area contributed by atoms with Crippen molar-refractivity contribution in [3.05, 3.63) is 29.8 Å². The molecule has 166 valence electrons. The van der Waals surface area contributed by atoms with Gasteiger partial charge in [-0.15, -0.1) is 0 Å². The number of hydrogen-bond donors (Lipinski definition) is 3. The summed E-state index contributed by atoms with van der Waals surface area (Å²) in [6.07, 6.45) is 7.51. The zero-order valence-corrected chi connectivity index (χ0v) is 17.8. The van der Waals surface area contributed by atoms with Gasteiger partial charge in [0.25, 0.3) is 0 Å².